The summed E-state index contributed by atoms with van der Waals surface area (Å²) in [5.74, 6) is 0.908. The highest BCUT2D eigenvalue weighted by Gasteiger charge is 2.19. The van der Waals surface area contributed by atoms with Gasteiger partial charge in [-0.15, -0.1) is 12.4 Å². The van der Waals surface area contributed by atoms with Gasteiger partial charge in [-0.05, 0) is 66.9 Å². The van der Waals surface area contributed by atoms with E-state index in [1.165, 1.54) is 0 Å². The number of methoxy groups -OCH3 is 1. The molecule has 0 atom stereocenters. The van der Waals surface area contributed by atoms with Crippen molar-refractivity contribution in [1.82, 2.24) is 10.2 Å². The van der Waals surface area contributed by atoms with Crippen LogP contribution < -0.4 is 25.4 Å². The van der Waals surface area contributed by atoms with E-state index in [2.05, 4.69) is 21.2 Å². The van der Waals surface area contributed by atoms with Crippen LogP contribution >= 0.6 is 12.4 Å². The summed E-state index contributed by atoms with van der Waals surface area (Å²) in [6, 6.07) is 22.4. The molecule has 3 N–H and O–H groups in total. The molecule has 202 valence electrons. The van der Waals surface area contributed by atoms with E-state index in [4.69, 9.17) is 15.2 Å². The average molecular weight is 539 g/mol. The van der Waals surface area contributed by atoms with Crippen LogP contribution in [0, 0.1) is 0 Å². The summed E-state index contributed by atoms with van der Waals surface area (Å²) >= 11 is 0. The maximum Gasteiger partial charge on any atom is 0.412 e. The average Bonchev–Trinajstić information content (AvgIpc) is 2.93. The summed E-state index contributed by atoms with van der Waals surface area (Å²) in [7, 11) is 1.71. The number of nitrogens with zero attached hydrogens (tertiary/aromatic N) is 2. The van der Waals surface area contributed by atoms with Crippen molar-refractivity contribution in [3.05, 3.63) is 78.4 Å². The summed E-state index contributed by atoms with van der Waals surface area (Å²) in [5.41, 5.74) is 8.73. The molecule has 9 heteroatoms. The number of piperazine rings is 1. The zero-order chi connectivity index (χ0) is 26.0. The zero-order valence-corrected chi connectivity index (χ0v) is 22.4. The minimum atomic E-state index is -0.467. The highest BCUT2D eigenvalue weighted by molar-refractivity contribution is 5.94. The molecule has 1 heterocycles. The number of anilines is 1. The van der Waals surface area contributed by atoms with E-state index in [1.54, 1.807) is 37.4 Å². The van der Waals surface area contributed by atoms with Crippen molar-refractivity contribution in [2.45, 2.75) is 12.8 Å². The molecule has 38 heavy (non-hydrogen) atoms. The second-order valence-corrected chi connectivity index (χ2v) is 8.99. The van der Waals surface area contributed by atoms with Gasteiger partial charge in [0.25, 0.3) is 0 Å². The van der Waals surface area contributed by atoms with Gasteiger partial charge in [-0.2, -0.15) is 0 Å². The van der Waals surface area contributed by atoms with Crippen LogP contribution in [0.4, 0.5) is 10.5 Å². The molecular formula is C29H35ClN4O4. The van der Waals surface area contributed by atoms with Crippen LogP contribution in [0.1, 0.15) is 23.2 Å². The third kappa shape index (κ3) is 7.87. The Bertz CT molecular complexity index is 1200. The number of nitrogens with two attached hydrogens (primary N) is 1. The van der Waals surface area contributed by atoms with Gasteiger partial charge in [0.2, 0.25) is 5.91 Å². The van der Waals surface area contributed by atoms with Crippen LogP contribution in [-0.2, 0) is 0 Å². The SMILES string of the molecule is COc1ccccc1N1CCN(CCCCNC(=O)Oc2ccc(-c3cccc(C(N)=O)c3)cc2)CC1.Cl. The Kier molecular flexibility index (Phi) is 10.8. The summed E-state index contributed by atoms with van der Waals surface area (Å²) in [5, 5.41) is 2.82. The second-order valence-electron chi connectivity index (χ2n) is 8.99. The highest BCUT2D eigenvalue weighted by atomic mass is 35.5. The molecule has 0 radical (unpaired) electrons. The van der Waals surface area contributed by atoms with Crippen molar-refractivity contribution in [2.75, 3.05) is 51.3 Å². The van der Waals surface area contributed by atoms with Gasteiger partial charge >= 0.3 is 6.09 Å². The minimum Gasteiger partial charge on any atom is -0.495 e. The van der Waals surface area contributed by atoms with E-state index in [-0.39, 0.29) is 12.4 Å². The van der Waals surface area contributed by atoms with Gasteiger partial charge in [-0.3, -0.25) is 9.69 Å². The number of hydrogen-bond acceptors (Lipinski definition) is 6. The van der Waals surface area contributed by atoms with Crippen LogP contribution in [0.15, 0.2) is 72.8 Å². The Morgan fingerprint density at radius 1 is 0.895 bits per heavy atom. The zero-order valence-electron chi connectivity index (χ0n) is 21.6. The van der Waals surface area contributed by atoms with Crippen molar-refractivity contribution >= 4 is 30.1 Å². The van der Waals surface area contributed by atoms with Crippen LogP contribution in [0.5, 0.6) is 11.5 Å². The predicted octanol–water partition coefficient (Wildman–Crippen LogP) is 4.57. The van der Waals surface area contributed by atoms with Gasteiger partial charge in [0, 0.05) is 38.3 Å². The molecule has 8 nitrogen and oxygen atoms in total. The van der Waals surface area contributed by atoms with Crippen molar-refractivity contribution in [2.24, 2.45) is 5.73 Å². The predicted molar refractivity (Wildman–Crippen MR) is 153 cm³/mol. The number of nitrogens with one attached hydrogen (secondary N) is 1. The van der Waals surface area contributed by atoms with Gasteiger partial charge in [0.1, 0.15) is 11.5 Å². The van der Waals surface area contributed by atoms with Crippen LogP contribution in [0.25, 0.3) is 11.1 Å². The lowest BCUT2D eigenvalue weighted by molar-refractivity contribution is 0.1000. The van der Waals surface area contributed by atoms with Crippen molar-refractivity contribution in [3.8, 4) is 22.6 Å². The monoisotopic (exact) mass is 538 g/mol. The molecule has 3 aromatic carbocycles. The molecule has 0 bridgehead atoms. The third-order valence-corrected chi connectivity index (χ3v) is 6.51. The molecule has 0 aromatic heterocycles. The number of carbonyl (C=O) groups excluding carboxylic acids is 2. The van der Waals surface area contributed by atoms with Crippen LogP contribution in [-0.4, -0.2) is 63.3 Å². The number of ether oxygens (including phenoxy) is 2. The number of amides is 2. The molecular weight excluding hydrogens is 504 g/mol. The maximum atomic E-state index is 12.2. The lowest BCUT2D eigenvalue weighted by Crippen LogP contribution is -2.46. The standard InChI is InChI=1S/C29H34N4O4.ClH/c1-36-27-10-3-2-9-26(27)33-19-17-32(18-20-33)16-5-4-15-31-29(35)37-25-13-11-22(12-14-25)23-7-6-8-24(21-23)28(30)34;/h2-3,6-14,21H,4-5,15-20H2,1H3,(H2,30,34)(H,31,35);1H. The number of carbonyl (C=O) groups is 2. The fourth-order valence-corrected chi connectivity index (χ4v) is 4.46. The normalized spacial score (nSPS) is 13.3. The molecule has 3 aromatic rings. The number of primary amides is 1. The molecule has 4 rings (SSSR count). The number of halogens is 1. The summed E-state index contributed by atoms with van der Waals surface area (Å²) < 4.78 is 10.9. The number of rotatable bonds is 10. The van der Waals surface area contributed by atoms with Crippen LogP contribution in [0.3, 0.4) is 0 Å². The largest absolute Gasteiger partial charge is 0.495 e. The lowest BCUT2D eigenvalue weighted by atomic mass is 10.0. The lowest BCUT2D eigenvalue weighted by Gasteiger charge is -2.36. The Hall–Kier alpha value is -3.75. The fourth-order valence-electron chi connectivity index (χ4n) is 4.46. The van der Waals surface area contributed by atoms with E-state index >= 15 is 0 Å². The van der Waals surface area contributed by atoms with E-state index in [0.29, 0.717) is 17.9 Å². The number of para-hydroxylation sites is 2. The third-order valence-electron chi connectivity index (χ3n) is 6.51. The Balaban J connectivity index is 0.00000400. The number of hydrogen-bond donors (Lipinski definition) is 2. The first kappa shape index (κ1) is 28.8. The second kappa shape index (κ2) is 14.3. The molecule has 1 saturated heterocycles. The van der Waals surface area contributed by atoms with Crippen molar-refractivity contribution < 1.29 is 19.1 Å². The molecule has 1 fully saturated rings. The Morgan fingerprint density at radius 3 is 2.34 bits per heavy atom. The quantitative estimate of drug-likeness (QED) is 0.367. The molecule has 0 unspecified atom stereocenters. The number of benzene rings is 3. The topological polar surface area (TPSA) is 97.1 Å². The van der Waals surface area contributed by atoms with Gasteiger partial charge in [-0.1, -0.05) is 36.4 Å². The fraction of sp³-hybridized carbons (Fsp3) is 0.310. The van der Waals surface area contributed by atoms with E-state index in [9.17, 15) is 9.59 Å². The van der Waals surface area contributed by atoms with E-state index < -0.39 is 12.0 Å². The summed E-state index contributed by atoms with van der Waals surface area (Å²) in [4.78, 5) is 28.4. The first-order valence-corrected chi connectivity index (χ1v) is 12.6. The molecule has 2 amide bonds. The highest BCUT2D eigenvalue weighted by Crippen LogP contribution is 2.28. The van der Waals surface area contributed by atoms with Gasteiger partial charge in [-0.25, -0.2) is 4.79 Å². The molecule has 0 aliphatic carbocycles. The van der Waals surface area contributed by atoms with Gasteiger partial charge < -0.3 is 25.4 Å². The van der Waals surface area contributed by atoms with Gasteiger partial charge in [0.05, 0.1) is 12.8 Å². The summed E-state index contributed by atoms with van der Waals surface area (Å²) in [6.07, 6.45) is 1.43. The molecule has 1 aliphatic heterocycles. The van der Waals surface area contributed by atoms with Crippen molar-refractivity contribution in [3.63, 3.8) is 0 Å². The van der Waals surface area contributed by atoms with Gasteiger partial charge in [0.15, 0.2) is 0 Å². The van der Waals surface area contributed by atoms with Crippen LogP contribution in [0.2, 0.25) is 0 Å². The molecule has 0 spiro atoms. The van der Waals surface area contributed by atoms with E-state index in [0.717, 1.165) is 68.1 Å². The first-order valence-electron chi connectivity index (χ1n) is 12.6. The smallest absolute Gasteiger partial charge is 0.412 e. The summed E-state index contributed by atoms with van der Waals surface area (Å²) in [6.45, 7) is 5.54. The maximum absolute atomic E-state index is 12.2. The molecule has 1 aliphatic rings. The minimum absolute atomic E-state index is 0. The Morgan fingerprint density at radius 2 is 1.63 bits per heavy atom. The van der Waals surface area contributed by atoms with E-state index in [1.807, 2.05) is 36.4 Å². The van der Waals surface area contributed by atoms with Crippen molar-refractivity contribution in [1.29, 1.82) is 0 Å². The number of unbranched alkanes of at least 4 members (excludes halogenated alkanes) is 1. The first-order chi connectivity index (χ1) is 18.0. The molecule has 0 saturated carbocycles. The Labute approximate surface area is 230 Å².